The number of nitrogens with one attached hydrogen (secondary N) is 2. The second-order valence-electron chi connectivity index (χ2n) is 11.2. The Morgan fingerprint density at radius 3 is 1.92 bits per heavy atom. The summed E-state index contributed by atoms with van der Waals surface area (Å²) in [4.78, 5) is 50.7. The summed E-state index contributed by atoms with van der Waals surface area (Å²) in [7, 11) is 0. The van der Waals surface area contributed by atoms with Gasteiger partial charge in [0.1, 0.15) is 13.2 Å². The molecule has 0 spiro atoms. The second-order valence-corrected chi connectivity index (χ2v) is 11.2. The molecule has 3 amide bonds. The highest BCUT2D eigenvalue weighted by Gasteiger charge is 2.29. The second kappa shape index (κ2) is 20.4. The zero-order valence-electron chi connectivity index (χ0n) is 27.9. The number of carbonyl (C=O) groups excluding carboxylic acids is 4. The summed E-state index contributed by atoms with van der Waals surface area (Å²) >= 11 is 0. The quantitative estimate of drug-likeness (QED) is 0.0994. The van der Waals surface area contributed by atoms with Crippen molar-refractivity contribution in [2.24, 2.45) is 0 Å². The molecule has 1 aliphatic carbocycles. The summed E-state index contributed by atoms with van der Waals surface area (Å²) in [5, 5.41) is 5.51. The van der Waals surface area contributed by atoms with Crippen LogP contribution in [0.4, 0.5) is 9.59 Å². The van der Waals surface area contributed by atoms with Gasteiger partial charge in [-0.05, 0) is 34.7 Å². The van der Waals surface area contributed by atoms with E-state index in [0.717, 1.165) is 27.8 Å². The molecule has 4 rings (SSSR count). The van der Waals surface area contributed by atoms with E-state index in [2.05, 4.69) is 34.9 Å². The number of benzene rings is 3. The normalized spacial score (nSPS) is 11.6. The lowest BCUT2D eigenvalue weighted by atomic mass is 9.98. The van der Waals surface area contributed by atoms with Crippen molar-refractivity contribution in [1.82, 2.24) is 15.5 Å². The topological polar surface area (TPSA) is 142 Å². The van der Waals surface area contributed by atoms with E-state index in [0.29, 0.717) is 13.2 Å². The first kappa shape index (κ1) is 36.9. The third kappa shape index (κ3) is 12.2. The van der Waals surface area contributed by atoms with Crippen LogP contribution < -0.4 is 10.6 Å². The molecule has 0 fully saturated rings. The smallest absolute Gasteiger partial charge is 0.410 e. The summed E-state index contributed by atoms with van der Waals surface area (Å²) < 4.78 is 26.7. The molecule has 0 radical (unpaired) electrons. The van der Waals surface area contributed by atoms with Gasteiger partial charge in [-0.25, -0.2) is 9.59 Å². The van der Waals surface area contributed by atoms with E-state index in [9.17, 15) is 19.2 Å². The van der Waals surface area contributed by atoms with Crippen LogP contribution in [-0.2, 0) is 39.9 Å². The lowest BCUT2D eigenvalue weighted by Gasteiger charge is -2.23. The zero-order valence-corrected chi connectivity index (χ0v) is 27.9. The number of ether oxygens (including phenoxy) is 5. The van der Waals surface area contributed by atoms with E-state index < -0.39 is 12.2 Å². The van der Waals surface area contributed by atoms with E-state index in [-0.39, 0.29) is 89.8 Å². The molecular weight excluding hydrogens is 630 g/mol. The van der Waals surface area contributed by atoms with Gasteiger partial charge in [0.2, 0.25) is 5.91 Å². The van der Waals surface area contributed by atoms with Crippen molar-refractivity contribution in [3.8, 4) is 11.1 Å². The number of amides is 3. The van der Waals surface area contributed by atoms with E-state index in [4.69, 9.17) is 23.7 Å². The maximum atomic E-state index is 13.0. The predicted molar refractivity (Wildman–Crippen MR) is 182 cm³/mol. The lowest BCUT2D eigenvalue weighted by molar-refractivity contribution is -0.144. The number of alkyl carbamates (subject to hydrolysis) is 1. The third-order valence-electron chi connectivity index (χ3n) is 7.76. The number of carbonyl (C=O) groups is 4. The molecule has 49 heavy (non-hydrogen) atoms. The number of esters is 1. The molecule has 2 N–H and O–H groups in total. The number of nitrogens with zero attached hydrogens (tertiary/aromatic N) is 1. The Kier molecular flexibility index (Phi) is 15.4. The first-order valence-electron chi connectivity index (χ1n) is 16.6. The van der Waals surface area contributed by atoms with E-state index in [1.807, 2.05) is 54.6 Å². The van der Waals surface area contributed by atoms with Crippen LogP contribution in [0.3, 0.4) is 0 Å². The Labute approximate surface area is 287 Å². The third-order valence-corrected chi connectivity index (χ3v) is 7.76. The van der Waals surface area contributed by atoms with Gasteiger partial charge in [-0.15, -0.1) is 0 Å². The van der Waals surface area contributed by atoms with Gasteiger partial charge in [0.25, 0.3) is 0 Å². The zero-order chi connectivity index (χ0) is 34.7. The fourth-order valence-electron chi connectivity index (χ4n) is 5.34. The molecule has 0 heterocycles. The summed E-state index contributed by atoms with van der Waals surface area (Å²) in [5.41, 5.74) is 5.37. The minimum Gasteiger partial charge on any atom is -0.466 e. The van der Waals surface area contributed by atoms with Crippen LogP contribution >= 0.6 is 0 Å². The van der Waals surface area contributed by atoms with Crippen molar-refractivity contribution in [3.05, 3.63) is 95.6 Å². The molecule has 0 saturated carbocycles. The van der Waals surface area contributed by atoms with Gasteiger partial charge >= 0.3 is 18.2 Å². The first-order valence-corrected chi connectivity index (χ1v) is 16.6. The van der Waals surface area contributed by atoms with Crippen LogP contribution in [0.25, 0.3) is 11.1 Å². The predicted octanol–water partition coefficient (Wildman–Crippen LogP) is 4.66. The Morgan fingerprint density at radius 1 is 0.673 bits per heavy atom. The van der Waals surface area contributed by atoms with E-state index >= 15 is 0 Å². The highest BCUT2D eigenvalue weighted by atomic mass is 16.6. The molecule has 0 bridgehead atoms. The summed E-state index contributed by atoms with van der Waals surface area (Å²) in [6, 6.07) is 25.5. The minimum atomic E-state index is -0.586. The largest absolute Gasteiger partial charge is 0.466 e. The van der Waals surface area contributed by atoms with Gasteiger partial charge in [0.15, 0.2) is 0 Å². The Bertz CT molecular complexity index is 1460. The van der Waals surface area contributed by atoms with Crippen molar-refractivity contribution in [3.63, 3.8) is 0 Å². The van der Waals surface area contributed by atoms with Gasteiger partial charge in [-0.2, -0.15) is 0 Å². The maximum absolute atomic E-state index is 13.0. The van der Waals surface area contributed by atoms with Gasteiger partial charge in [-0.1, -0.05) is 78.9 Å². The van der Waals surface area contributed by atoms with Gasteiger partial charge < -0.3 is 39.2 Å². The first-order chi connectivity index (χ1) is 24.0. The molecule has 262 valence electrons. The Morgan fingerprint density at radius 2 is 1.27 bits per heavy atom. The van der Waals surface area contributed by atoms with Crippen molar-refractivity contribution >= 4 is 24.1 Å². The molecule has 12 heteroatoms. The summed E-state index contributed by atoms with van der Waals surface area (Å²) in [6.45, 7) is 3.99. The SMILES string of the molecule is CCOC(=O)CCOCCOCCC(=O)NCCN(CCNC(=O)OCC1c2ccccc2-c2ccccc21)C(=O)OCc1ccccc1. The average molecular weight is 676 g/mol. The summed E-state index contributed by atoms with van der Waals surface area (Å²) in [6.07, 6.45) is -0.848. The molecule has 12 nitrogen and oxygen atoms in total. The molecule has 0 aliphatic heterocycles. The van der Waals surface area contributed by atoms with E-state index in [1.54, 1.807) is 6.92 Å². The molecular formula is C37H45N3O9. The fourth-order valence-corrected chi connectivity index (χ4v) is 5.34. The van der Waals surface area contributed by atoms with Gasteiger partial charge in [0, 0.05) is 38.5 Å². The molecule has 0 aromatic heterocycles. The Balaban J connectivity index is 1.17. The van der Waals surface area contributed by atoms with Crippen LogP contribution in [0.2, 0.25) is 0 Å². The van der Waals surface area contributed by atoms with Crippen molar-refractivity contribution in [2.45, 2.75) is 32.3 Å². The van der Waals surface area contributed by atoms with Gasteiger partial charge in [-0.3, -0.25) is 9.59 Å². The van der Waals surface area contributed by atoms with Crippen LogP contribution in [0.1, 0.15) is 42.4 Å². The van der Waals surface area contributed by atoms with Gasteiger partial charge in [0.05, 0.1) is 39.5 Å². The monoisotopic (exact) mass is 675 g/mol. The maximum Gasteiger partial charge on any atom is 0.410 e. The van der Waals surface area contributed by atoms with Crippen molar-refractivity contribution in [2.75, 3.05) is 65.8 Å². The van der Waals surface area contributed by atoms with Crippen LogP contribution in [0.15, 0.2) is 78.9 Å². The average Bonchev–Trinajstić information content (AvgIpc) is 3.44. The standard InChI is InChI=1S/C37H45N3O9/c1-2-47-35(42)17-23-46-25-24-45-22-16-34(41)38-18-20-40(37(44)49-26-28-10-4-3-5-11-28)21-19-39-36(43)48-27-33-31-14-8-6-12-29(31)30-13-7-9-15-32(30)33/h3-15,33H,2,16-27H2,1H3,(H,38,41)(H,39,43). The highest BCUT2D eigenvalue weighted by molar-refractivity contribution is 5.79. The molecule has 0 unspecified atom stereocenters. The molecule has 3 aromatic carbocycles. The Hall–Kier alpha value is -4.94. The number of hydrogen-bond acceptors (Lipinski definition) is 9. The van der Waals surface area contributed by atoms with Crippen molar-refractivity contribution < 1.29 is 42.9 Å². The number of fused-ring (bicyclic) bond motifs is 3. The number of rotatable bonds is 20. The van der Waals surface area contributed by atoms with Crippen LogP contribution in [0, 0.1) is 0 Å². The van der Waals surface area contributed by atoms with Crippen LogP contribution in [-0.4, -0.2) is 94.8 Å². The minimum absolute atomic E-state index is 0.0623. The van der Waals surface area contributed by atoms with Crippen molar-refractivity contribution in [1.29, 1.82) is 0 Å². The number of hydrogen-bond donors (Lipinski definition) is 2. The lowest BCUT2D eigenvalue weighted by Crippen LogP contribution is -2.43. The van der Waals surface area contributed by atoms with Crippen LogP contribution in [0.5, 0.6) is 0 Å². The molecule has 0 atom stereocenters. The fraction of sp³-hybridized carbons (Fsp3) is 0.405. The highest BCUT2D eigenvalue weighted by Crippen LogP contribution is 2.44. The van der Waals surface area contributed by atoms with E-state index in [1.165, 1.54) is 4.90 Å². The summed E-state index contributed by atoms with van der Waals surface area (Å²) in [5.74, 6) is -0.611. The molecule has 1 aliphatic rings. The molecule has 3 aromatic rings. The molecule has 0 saturated heterocycles.